The Kier molecular flexibility index (Phi) is 7.56. The fourth-order valence-electron chi connectivity index (χ4n) is 2.03. The highest BCUT2D eigenvalue weighted by molar-refractivity contribution is 9.12. The van der Waals surface area contributed by atoms with Crippen LogP contribution in [0.3, 0.4) is 0 Å². The van der Waals surface area contributed by atoms with Gasteiger partial charge in [0.25, 0.3) is 0 Å². The van der Waals surface area contributed by atoms with Crippen molar-refractivity contribution in [2.45, 2.75) is 45.4 Å². The minimum atomic E-state index is -8.00. The Bertz CT molecular complexity index is 792. The van der Waals surface area contributed by atoms with Crippen molar-refractivity contribution < 1.29 is 61.9 Å². The van der Waals surface area contributed by atoms with Crippen molar-refractivity contribution in [1.29, 1.82) is 0 Å². The molecule has 0 N–H and O–H groups in total. The summed E-state index contributed by atoms with van der Waals surface area (Å²) >= 11 is 3.95. The molecule has 0 bridgehead atoms. The number of carbonyl (C=O) groups excluding carboxylic acids is 1. The third kappa shape index (κ3) is 4.29. The Morgan fingerprint density at radius 1 is 0.645 bits per heavy atom. The van der Waals surface area contributed by atoms with Crippen LogP contribution in [-0.4, -0.2) is 51.2 Å². The molecule has 0 saturated heterocycles. The molecule has 1 aromatic carbocycles. The Labute approximate surface area is 181 Å². The summed E-state index contributed by atoms with van der Waals surface area (Å²) in [6.07, 6.45) is -7.49. The van der Waals surface area contributed by atoms with E-state index in [1.165, 1.54) is 18.2 Å². The van der Waals surface area contributed by atoms with Gasteiger partial charge in [0.15, 0.2) is 5.78 Å². The van der Waals surface area contributed by atoms with Crippen molar-refractivity contribution in [3.8, 4) is 0 Å². The summed E-state index contributed by atoms with van der Waals surface area (Å²) in [5.41, 5.74) is -0.436. The normalized spacial score (nSPS) is 16.7. The zero-order chi connectivity index (χ0) is 24.8. The largest absolute Gasteiger partial charge is 0.460 e. The van der Waals surface area contributed by atoms with E-state index in [4.69, 9.17) is 0 Å². The van der Waals surface area contributed by atoms with E-state index >= 15 is 0 Å². The van der Waals surface area contributed by atoms with Gasteiger partial charge in [0.1, 0.15) is 4.83 Å². The number of Topliss-reactive ketones (excluding diaryl/α,β-unsaturated/α-hetero) is 1. The first-order chi connectivity index (χ1) is 13.6. The summed E-state index contributed by atoms with van der Waals surface area (Å²) in [6, 6.07) is 5.63. The van der Waals surface area contributed by atoms with E-state index in [-0.39, 0.29) is 0 Å². The lowest BCUT2D eigenvalue weighted by molar-refractivity contribution is -0.439. The van der Waals surface area contributed by atoms with Crippen LogP contribution in [0, 0.1) is 0 Å². The van der Waals surface area contributed by atoms with Gasteiger partial charge in [-0.25, -0.2) is 0 Å². The van der Waals surface area contributed by atoms with Crippen LogP contribution < -0.4 is 0 Å². The van der Waals surface area contributed by atoms with Crippen LogP contribution in [0.4, 0.5) is 57.1 Å². The summed E-state index contributed by atoms with van der Waals surface area (Å²) < 4.78 is 171. The first-order valence-electron chi connectivity index (χ1n) is 7.42. The van der Waals surface area contributed by atoms with Gasteiger partial charge in [0.2, 0.25) is 0 Å². The fraction of sp³-hybridized carbons (Fsp3) is 0.533. The van der Waals surface area contributed by atoms with Crippen LogP contribution in [0.5, 0.6) is 0 Å². The molecule has 0 heterocycles. The van der Waals surface area contributed by atoms with E-state index in [9.17, 15) is 61.9 Å². The molecule has 1 nitrogen and oxygen atoms in total. The van der Waals surface area contributed by atoms with Crippen molar-refractivity contribution in [2.75, 3.05) is 0 Å². The molecule has 0 amide bonds. The van der Waals surface area contributed by atoms with Gasteiger partial charge in [-0.15, -0.1) is 0 Å². The van der Waals surface area contributed by atoms with Crippen molar-refractivity contribution >= 4 is 37.6 Å². The molecule has 2 unspecified atom stereocenters. The molecular weight excluding hydrogens is 603 g/mol. The minimum absolute atomic E-state index is 0.436. The van der Waals surface area contributed by atoms with Crippen LogP contribution in [0.2, 0.25) is 0 Å². The first-order valence-corrected chi connectivity index (χ1v) is 9.25. The minimum Gasteiger partial charge on any atom is -0.293 e. The number of rotatable bonds is 8. The zero-order valence-corrected chi connectivity index (χ0v) is 17.3. The maximum atomic E-state index is 14.1. The molecule has 0 saturated carbocycles. The Hall–Kier alpha value is -1.06. The predicted molar refractivity (Wildman–Crippen MR) is 87.0 cm³/mol. The monoisotopic (exact) mass is 608 g/mol. The van der Waals surface area contributed by atoms with Crippen LogP contribution >= 0.6 is 31.9 Å². The molecule has 1 rings (SSSR count). The Morgan fingerprint density at radius 2 is 1.03 bits per heavy atom. The second-order valence-electron chi connectivity index (χ2n) is 5.95. The van der Waals surface area contributed by atoms with Crippen LogP contribution in [0.25, 0.3) is 0 Å². The van der Waals surface area contributed by atoms with Gasteiger partial charge in [0.05, 0.1) is 4.83 Å². The first kappa shape index (κ1) is 28.0. The molecule has 1 aromatic rings. The summed E-state index contributed by atoms with van der Waals surface area (Å²) in [5, 5.41) is 0. The van der Waals surface area contributed by atoms with Gasteiger partial charge in [-0.3, -0.25) is 4.79 Å². The van der Waals surface area contributed by atoms with E-state index < -0.39 is 56.8 Å². The van der Waals surface area contributed by atoms with E-state index in [0.29, 0.717) is 0 Å². The standard InChI is InChI=1S/C15H7Br2F13O/c16-7(8(31)6-4-2-1-3-5-6)9(17)10(18,19)11(20,21)12(22,23)13(24,25)14(26,27)15(28,29)30/h1-5,7,9H. The quantitative estimate of drug-likeness (QED) is 0.174. The highest BCUT2D eigenvalue weighted by atomic mass is 79.9. The number of alkyl halides is 15. The molecule has 178 valence electrons. The predicted octanol–water partition coefficient (Wildman–Crippen LogP) is 7.14. The van der Waals surface area contributed by atoms with Gasteiger partial charge < -0.3 is 0 Å². The number of hydrogen-bond acceptors (Lipinski definition) is 1. The summed E-state index contributed by atoms with van der Waals surface area (Å²) in [4.78, 5) is 6.06. The van der Waals surface area contributed by atoms with Gasteiger partial charge in [-0.05, 0) is 0 Å². The van der Waals surface area contributed by atoms with Crippen LogP contribution in [0.1, 0.15) is 10.4 Å². The topological polar surface area (TPSA) is 17.1 Å². The smallest absolute Gasteiger partial charge is 0.293 e. The second-order valence-corrected chi connectivity index (χ2v) is 7.93. The average molecular weight is 610 g/mol. The highest BCUT2D eigenvalue weighted by Gasteiger charge is 2.91. The SMILES string of the molecule is O=C(c1ccccc1)C(Br)C(Br)C(F)(F)C(F)(F)C(F)(F)C(F)(F)C(F)(F)C(F)(F)F. The molecule has 0 radical (unpaired) electrons. The van der Waals surface area contributed by atoms with E-state index in [2.05, 4.69) is 15.9 Å². The number of ketones is 1. The van der Waals surface area contributed by atoms with Gasteiger partial charge in [0, 0.05) is 5.56 Å². The number of halogens is 15. The van der Waals surface area contributed by atoms with Crippen LogP contribution in [-0.2, 0) is 0 Å². The van der Waals surface area contributed by atoms with Crippen LogP contribution in [0.15, 0.2) is 30.3 Å². The third-order valence-electron chi connectivity index (χ3n) is 3.87. The molecular formula is C15H7Br2F13O. The maximum Gasteiger partial charge on any atom is 0.460 e. The highest BCUT2D eigenvalue weighted by Crippen LogP contribution is 2.61. The van der Waals surface area contributed by atoms with E-state index in [1.54, 1.807) is 15.9 Å². The number of carbonyl (C=O) groups is 1. The second kappa shape index (κ2) is 8.37. The third-order valence-corrected chi connectivity index (χ3v) is 6.63. The van der Waals surface area contributed by atoms with Gasteiger partial charge in [-0.2, -0.15) is 57.1 Å². The van der Waals surface area contributed by atoms with E-state index in [1.807, 2.05) is 0 Å². The molecule has 0 aliphatic heterocycles. The van der Waals surface area contributed by atoms with Crippen molar-refractivity contribution in [1.82, 2.24) is 0 Å². The molecule has 0 fully saturated rings. The fourth-order valence-corrected chi connectivity index (χ4v) is 3.16. The molecule has 16 heteroatoms. The lowest BCUT2D eigenvalue weighted by Crippen LogP contribution is -2.71. The summed E-state index contributed by atoms with van der Waals surface area (Å²) in [6.45, 7) is 0. The van der Waals surface area contributed by atoms with Crippen molar-refractivity contribution in [3.05, 3.63) is 35.9 Å². The maximum absolute atomic E-state index is 14.1. The number of hydrogen-bond donors (Lipinski definition) is 0. The molecule has 0 aliphatic rings. The molecule has 0 spiro atoms. The van der Waals surface area contributed by atoms with Crippen molar-refractivity contribution in [2.24, 2.45) is 0 Å². The molecule has 31 heavy (non-hydrogen) atoms. The summed E-state index contributed by atoms with van der Waals surface area (Å²) in [5.74, 6) is -39.1. The average Bonchev–Trinajstić information content (AvgIpc) is 2.65. The van der Waals surface area contributed by atoms with Crippen molar-refractivity contribution in [3.63, 3.8) is 0 Å². The number of benzene rings is 1. The molecule has 2 atom stereocenters. The lowest BCUT2D eigenvalue weighted by atomic mass is 9.91. The van der Waals surface area contributed by atoms with Gasteiger partial charge >= 0.3 is 35.8 Å². The Morgan fingerprint density at radius 3 is 1.42 bits per heavy atom. The Balaban J connectivity index is 3.43. The lowest BCUT2D eigenvalue weighted by Gasteiger charge is -2.41. The van der Waals surface area contributed by atoms with E-state index in [0.717, 1.165) is 12.1 Å². The zero-order valence-electron chi connectivity index (χ0n) is 14.1. The molecule has 0 aromatic heterocycles. The van der Waals surface area contributed by atoms with Gasteiger partial charge in [-0.1, -0.05) is 62.2 Å². The summed E-state index contributed by atoms with van der Waals surface area (Å²) in [7, 11) is 0. The molecule has 0 aliphatic carbocycles.